The average Bonchev–Trinajstić information content (AvgIpc) is 3.07. The Hall–Kier alpha value is -4.65. The molecule has 0 bridgehead atoms. The van der Waals surface area contributed by atoms with E-state index in [0.29, 0.717) is 0 Å². The van der Waals surface area contributed by atoms with Crippen molar-refractivity contribution in [2.75, 3.05) is 9.80 Å². The van der Waals surface area contributed by atoms with Crippen LogP contribution in [-0.4, -0.2) is 16.1 Å². The second kappa shape index (κ2) is 10.4. The predicted octanol–water partition coefficient (Wildman–Crippen LogP) is 9.18. The summed E-state index contributed by atoms with van der Waals surface area (Å²) in [6, 6.07) is 50.0. The Morgan fingerprint density at radius 1 is 0.326 bits per heavy atom. The van der Waals surface area contributed by atoms with Crippen molar-refractivity contribution in [3.63, 3.8) is 0 Å². The van der Waals surface area contributed by atoms with Crippen molar-refractivity contribution in [1.82, 2.24) is 0 Å². The molecule has 8 rings (SSSR count). The molecule has 2 nitrogen and oxygen atoms in total. The predicted molar refractivity (Wildman–Crippen MR) is 204 cm³/mol. The minimum Gasteiger partial charge on any atom is -0.310 e. The number of benzene rings is 6. The molecular formula is C42H40N2Si2. The quantitative estimate of drug-likeness (QED) is 0.180. The van der Waals surface area contributed by atoms with E-state index >= 15 is 0 Å². The number of rotatable bonds is 3. The van der Waals surface area contributed by atoms with Crippen LogP contribution in [0.1, 0.15) is 11.1 Å². The molecular weight excluding hydrogens is 589 g/mol. The third-order valence-corrected chi connectivity index (χ3v) is 17.7. The van der Waals surface area contributed by atoms with Gasteiger partial charge in [-0.25, -0.2) is 0 Å². The van der Waals surface area contributed by atoms with E-state index in [-0.39, 0.29) is 0 Å². The Morgan fingerprint density at radius 3 is 0.891 bits per heavy atom. The lowest BCUT2D eigenvalue weighted by molar-refractivity contribution is 1.24. The van der Waals surface area contributed by atoms with E-state index in [2.05, 4.69) is 183 Å². The van der Waals surface area contributed by atoms with Gasteiger partial charge in [-0.2, -0.15) is 0 Å². The van der Waals surface area contributed by atoms with Crippen LogP contribution in [0.25, 0.3) is 11.1 Å². The molecule has 0 amide bonds. The number of hydrogen-bond acceptors (Lipinski definition) is 2. The summed E-state index contributed by atoms with van der Waals surface area (Å²) in [5.41, 5.74) is 12.9. The highest BCUT2D eigenvalue weighted by molar-refractivity contribution is 7.03. The maximum absolute atomic E-state index is 2.52. The summed E-state index contributed by atoms with van der Waals surface area (Å²) < 4.78 is 0. The van der Waals surface area contributed by atoms with Crippen molar-refractivity contribution in [1.29, 1.82) is 0 Å². The van der Waals surface area contributed by atoms with Crippen LogP contribution in [0, 0.1) is 13.8 Å². The minimum absolute atomic E-state index is 1.24. The molecule has 0 radical (unpaired) electrons. The lowest BCUT2D eigenvalue weighted by Gasteiger charge is -2.42. The van der Waals surface area contributed by atoms with Gasteiger partial charge in [-0.15, -0.1) is 0 Å². The Morgan fingerprint density at radius 2 is 0.587 bits per heavy atom. The maximum atomic E-state index is 2.52. The Kier molecular flexibility index (Phi) is 6.54. The van der Waals surface area contributed by atoms with E-state index in [1.165, 1.54) is 77.1 Å². The molecule has 2 aliphatic heterocycles. The average molecular weight is 629 g/mol. The third kappa shape index (κ3) is 4.06. The van der Waals surface area contributed by atoms with Crippen molar-refractivity contribution < 1.29 is 0 Å². The first-order chi connectivity index (χ1) is 22.2. The van der Waals surface area contributed by atoms with Gasteiger partial charge in [-0.05, 0) is 93.2 Å². The number of anilines is 6. The highest BCUT2D eigenvalue weighted by Crippen LogP contribution is 2.45. The van der Waals surface area contributed by atoms with Crippen molar-refractivity contribution in [2.24, 2.45) is 0 Å². The van der Waals surface area contributed by atoms with E-state index in [1.807, 2.05) is 0 Å². The van der Waals surface area contributed by atoms with Gasteiger partial charge in [0.2, 0.25) is 0 Å². The Labute approximate surface area is 275 Å². The number of hydrogen-bond donors (Lipinski definition) is 0. The zero-order valence-corrected chi connectivity index (χ0v) is 29.6. The van der Waals surface area contributed by atoms with Crippen molar-refractivity contribution in [3.8, 4) is 11.1 Å². The fourth-order valence-electron chi connectivity index (χ4n) is 8.17. The van der Waals surface area contributed by atoms with E-state index in [4.69, 9.17) is 0 Å². The summed E-state index contributed by atoms with van der Waals surface area (Å²) in [6.45, 7) is 14.6. The first-order valence-corrected chi connectivity index (χ1v) is 22.4. The molecule has 0 aliphatic carbocycles. The van der Waals surface area contributed by atoms with E-state index in [1.54, 1.807) is 0 Å². The van der Waals surface area contributed by atoms with Crippen LogP contribution in [0.2, 0.25) is 26.2 Å². The van der Waals surface area contributed by atoms with Gasteiger partial charge in [0.1, 0.15) is 16.1 Å². The first-order valence-electron chi connectivity index (χ1n) is 16.4. The van der Waals surface area contributed by atoms with Crippen LogP contribution in [0.15, 0.2) is 133 Å². The topological polar surface area (TPSA) is 6.48 Å². The molecule has 46 heavy (non-hydrogen) atoms. The van der Waals surface area contributed by atoms with Gasteiger partial charge in [-0.1, -0.05) is 123 Å². The fraction of sp³-hybridized carbons (Fsp3) is 0.143. The molecule has 6 aromatic carbocycles. The van der Waals surface area contributed by atoms with Crippen molar-refractivity contribution >= 4 is 71.0 Å². The first kappa shape index (κ1) is 28.8. The molecule has 0 N–H and O–H groups in total. The largest absolute Gasteiger partial charge is 0.310 e. The monoisotopic (exact) mass is 628 g/mol. The fourth-order valence-corrected chi connectivity index (χ4v) is 14.1. The molecule has 0 aromatic heterocycles. The van der Waals surface area contributed by atoms with Gasteiger partial charge in [0.25, 0.3) is 0 Å². The van der Waals surface area contributed by atoms with E-state index < -0.39 is 16.1 Å². The summed E-state index contributed by atoms with van der Waals surface area (Å²) in [4.78, 5) is 5.04. The molecule has 0 unspecified atom stereocenters. The number of nitrogens with zero attached hydrogens (tertiary/aromatic N) is 2. The third-order valence-electron chi connectivity index (χ3n) is 10.7. The van der Waals surface area contributed by atoms with Crippen LogP contribution in [0.4, 0.5) is 34.1 Å². The molecule has 2 aliphatic rings. The highest BCUT2D eigenvalue weighted by Gasteiger charge is 2.40. The molecule has 0 spiro atoms. The molecule has 0 atom stereocenters. The number of para-hydroxylation sites is 4. The molecule has 0 saturated heterocycles. The lowest BCUT2D eigenvalue weighted by atomic mass is 9.93. The molecule has 6 aromatic rings. The van der Waals surface area contributed by atoms with Crippen LogP contribution in [0.5, 0.6) is 0 Å². The Bertz CT molecular complexity index is 1910. The van der Waals surface area contributed by atoms with Crippen molar-refractivity contribution in [3.05, 3.63) is 145 Å². The minimum atomic E-state index is -1.85. The summed E-state index contributed by atoms with van der Waals surface area (Å²) >= 11 is 0. The van der Waals surface area contributed by atoms with E-state index in [9.17, 15) is 0 Å². The van der Waals surface area contributed by atoms with Crippen LogP contribution >= 0.6 is 0 Å². The second-order valence-corrected chi connectivity index (χ2v) is 22.5. The van der Waals surface area contributed by atoms with Gasteiger partial charge < -0.3 is 9.80 Å². The zero-order valence-electron chi connectivity index (χ0n) is 27.6. The highest BCUT2D eigenvalue weighted by atomic mass is 28.3. The number of fused-ring (bicyclic) bond motifs is 4. The van der Waals surface area contributed by atoms with Crippen LogP contribution in [0.3, 0.4) is 0 Å². The summed E-state index contributed by atoms with van der Waals surface area (Å²) in [5, 5.41) is 5.97. The second-order valence-electron chi connectivity index (χ2n) is 13.9. The van der Waals surface area contributed by atoms with Gasteiger partial charge in [0.05, 0.1) is 0 Å². The molecule has 0 saturated carbocycles. The maximum Gasteiger partial charge on any atom is 0.117 e. The van der Waals surface area contributed by atoms with Gasteiger partial charge in [-0.3, -0.25) is 0 Å². The summed E-state index contributed by atoms with van der Waals surface area (Å²) in [6.07, 6.45) is 0. The van der Waals surface area contributed by atoms with Gasteiger partial charge >= 0.3 is 0 Å². The molecule has 0 fully saturated rings. The summed E-state index contributed by atoms with van der Waals surface area (Å²) in [7, 11) is -3.70. The molecule has 226 valence electrons. The normalized spacial score (nSPS) is 15.4. The summed E-state index contributed by atoms with van der Waals surface area (Å²) in [5.74, 6) is 0. The zero-order chi connectivity index (χ0) is 31.8. The van der Waals surface area contributed by atoms with Gasteiger partial charge in [0, 0.05) is 34.1 Å². The lowest BCUT2D eigenvalue weighted by Crippen LogP contribution is -2.58. The SMILES string of the molecule is Cc1c(-c2cccc(N3c4ccccc4[Si](C)(C)c4ccccc43)c2C)cccc1N1c2ccccc2[Si](C)(C)c2ccccc21. The standard InChI is InChI=1S/C42H40N2Si2/c1-29-31(17-15-23-33(29)43-35-19-7-11-25-39(35)45(3,4)40-26-12-8-20-36(40)43)32-18-16-24-34(30(32)2)44-37-21-9-13-27-41(37)46(5,6)42-28-14-10-22-38(42)44/h7-28H,1-6H3. The van der Waals surface area contributed by atoms with Crippen molar-refractivity contribution in [2.45, 2.75) is 40.0 Å². The van der Waals surface area contributed by atoms with E-state index in [0.717, 1.165) is 0 Å². The molecule has 2 heterocycles. The van der Waals surface area contributed by atoms with Crippen LogP contribution in [-0.2, 0) is 0 Å². The van der Waals surface area contributed by atoms with Crippen LogP contribution < -0.4 is 30.5 Å². The Balaban J connectivity index is 1.31. The molecule has 4 heteroatoms. The smallest absolute Gasteiger partial charge is 0.117 e. The van der Waals surface area contributed by atoms with Gasteiger partial charge in [0.15, 0.2) is 0 Å².